The standard InChI is InChI=1S/C13H17FO/c1-13(2,8-15)12-6-4-9-3-5-10(14)7-11(9)12/h3,5,7,12,15H,4,6,8H2,1-2H3. The van der Waals surface area contributed by atoms with Crippen molar-refractivity contribution in [3.05, 3.63) is 35.1 Å². The van der Waals surface area contributed by atoms with Crippen molar-refractivity contribution in [3.63, 3.8) is 0 Å². The molecule has 2 heteroatoms. The molecule has 1 aliphatic carbocycles. The smallest absolute Gasteiger partial charge is 0.123 e. The van der Waals surface area contributed by atoms with Gasteiger partial charge in [-0.3, -0.25) is 0 Å². The molecule has 0 fully saturated rings. The number of fused-ring (bicyclic) bond motifs is 1. The summed E-state index contributed by atoms with van der Waals surface area (Å²) in [6, 6.07) is 5.02. The second kappa shape index (κ2) is 3.60. The maximum absolute atomic E-state index is 13.2. The fraction of sp³-hybridized carbons (Fsp3) is 0.538. The Morgan fingerprint density at radius 3 is 2.87 bits per heavy atom. The SMILES string of the molecule is CC(C)(CO)C1CCc2ccc(F)cc21. The molecule has 15 heavy (non-hydrogen) atoms. The summed E-state index contributed by atoms with van der Waals surface area (Å²) in [5.41, 5.74) is 2.18. The maximum atomic E-state index is 13.2. The van der Waals surface area contributed by atoms with Gasteiger partial charge in [-0.25, -0.2) is 4.39 Å². The van der Waals surface area contributed by atoms with Gasteiger partial charge < -0.3 is 5.11 Å². The molecule has 2 rings (SSSR count). The number of hydrogen-bond donors (Lipinski definition) is 1. The van der Waals surface area contributed by atoms with Crippen LogP contribution in [0.4, 0.5) is 4.39 Å². The average Bonchev–Trinajstić information content (AvgIpc) is 2.61. The molecule has 0 aromatic heterocycles. The van der Waals surface area contributed by atoms with Crippen LogP contribution in [-0.4, -0.2) is 11.7 Å². The van der Waals surface area contributed by atoms with Gasteiger partial charge in [-0.05, 0) is 47.4 Å². The van der Waals surface area contributed by atoms with Crippen molar-refractivity contribution in [2.75, 3.05) is 6.61 Å². The third-order valence-electron chi connectivity index (χ3n) is 3.54. The molecular weight excluding hydrogens is 191 g/mol. The van der Waals surface area contributed by atoms with Gasteiger partial charge in [-0.1, -0.05) is 19.9 Å². The van der Waals surface area contributed by atoms with Crippen molar-refractivity contribution >= 4 is 0 Å². The molecule has 1 aromatic rings. The van der Waals surface area contributed by atoms with Crippen molar-refractivity contribution < 1.29 is 9.50 Å². The predicted molar refractivity (Wildman–Crippen MR) is 58.3 cm³/mol. The van der Waals surface area contributed by atoms with Crippen LogP contribution in [0.2, 0.25) is 0 Å². The summed E-state index contributed by atoms with van der Waals surface area (Å²) < 4.78 is 13.2. The normalized spacial score (nSPS) is 20.4. The van der Waals surface area contributed by atoms with Crippen LogP contribution in [0.3, 0.4) is 0 Å². The monoisotopic (exact) mass is 208 g/mol. The number of rotatable bonds is 2. The van der Waals surface area contributed by atoms with E-state index >= 15 is 0 Å². The van der Waals surface area contributed by atoms with Crippen LogP contribution in [0.15, 0.2) is 18.2 Å². The van der Waals surface area contributed by atoms with Gasteiger partial charge in [0.1, 0.15) is 5.82 Å². The van der Waals surface area contributed by atoms with Crippen molar-refractivity contribution in [1.29, 1.82) is 0 Å². The molecule has 1 aliphatic rings. The summed E-state index contributed by atoms with van der Waals surface area (Å²) in [5, 5.41) is 9.36. The Morgan fingerprint density at radius 1 is 1.47 bits per heavy atom. The van der Waals surface area contributed by atoms with Crippen molar-refractivity contribution in [3.8, 4) is 0 Å². The Kier molecular flexibility index (Phi) is 2.55. The molecule has 1 aromatic carbocycles. The number of aliphatic hydroxyl groups is 1. The third-order valence-corrected chi connectivity index (χ3v) is 3.54. The molecule has 1 atom stereocenters. The zero-order valence-electron chi connectivity index (χ0n) is 9.26. The van der Waals surface area contributed by atoms with E-state index < -0.39 is 0 Å². The molecule has 0 heterocycles. The van der Waals surface area contributed by atoms with Gasteiger partial charge in [-0.15, -0.1) is 0 Å². The van der Waals surface area contributed by atoms with Gasteiger partial charge >= 0.3 is 0 Å². The molecule has 1 N–H and O–H groups in total. The highest BCUT2D eigenvalue weighted by atomic mass is 19.1. The van der Waals surface area contributed by atoms with Gasteiger partial charge in [-0.2, -0.15) is 0 Å². The maximum Gasteiger partial charge on any atom is 0.123 e. The highest BCUT2D eigenvalue weighted by molar-refractivity contribution is 5.36. The van der Waals surface area contributed by atoms with E-state index in [-0.39, 0.29) is 23.8 Å². The zero-order valence-corrected chi connectivity index (χ0v) is 9.26. The predicted octanol–water partition coefficient (Wildman–Crippen LogP) is 2.87. The topological polar surface area (TPSA) is 20.2 Å². The van der Waals surface area contributed by atoms with Crippen molar-refractivity contribution in [1.82, 2.24) is 0 Å². The van der Waals surface area contributed by atoms with E-state index in [2.05, 4.69) is 0 Å². The molecule has 1 unspecified atom stereocenters. The minimum Gasteiger partial charge on any atom is -0.396 e. The van der Waals surface area contributed by atoms with E-state index in [1.54, 1.807) is 6.07 Å². The number of halogens is 1. The number of benzene rings is 1. The summed E-state index contributed by atoms with van der Waals surface area (Å²) in [5.74, 6) is 0.114. The number of hydrogen-bond acceptors (Lipinski definition) is 1. The molecule has 0 bridgehead atoms. The fourth-order valence-corrected chi connectivity index (χ4v) is 2.50. The lowest BCUT2D eigenvalue weighted by Gasteiger charge is -2.30. The first-order valence-electron chi connectivity index (χ1n) is 5.44. The van der Waals surface area contributed by atoms with Gasteiger partial charge in [0.25, 0.3) is 0 Å². The van der Waals surface area contributed by atoms with Crippen LogP contribution in [0.5, 0.6) is 0 Å². The molecule has 1 nitrogen and oxygen atoms in total. The van der Waals surface area contributed by atoms with Crippen LogP contribution in [-0.2, 0) is 6.42 Å². The summed E-state index contributed by atoms with van der Waals surface area (Å²) in [7, 11) is 0. The second-order valence-electron chi connectivity index (χ2n) is 5.08. The van der Waals surface area contributed by atoms with E-state index in [9.17, 15) is 9.50 Å². The van der Waals surface area contributed by atoms with Gasteiger partial charge in [0.2, 0.25) is 0 Å². The van der Waals surface area contributed by atoms with Gasteiger partial charge in [0.15, 0.2) is 0 Å². The molecule has 0 saturated heterocycles. The van der Waals surface area contributed by atoms with Crippen LogP contribution in [0.1, 0.15) is 37.3 Å². The van der Waals surface area contributed by atoms with Crippen molar-refractivity contribution in [2.45, 2.75) is 32.6 Å². The Morgan fingerprint density at radius 2 is 2.20 bits per heavy atom. The molecule has 0 spiro atoms. The van der Waals surface area contributed by atoms with Crippen LogP contribution in [0, 0.1) is 11.2 Å². The Bertz CT molecular complexity index is 371. The summed E-state index contributed by atoms with van der Waals surface area (Å²) in [4.78, 5) is 0. The molecule has 0 amide bonds. The van der Waals surface area contributed by atoms with Gasteiger partial charge in [0.05, 0.1) is 0 Å². The summed E-state index contributed by atoms with van der Waals surface area (Å²) in [6.07, 6.45) is 2.02. The minimum atomic E-state index is -0.172. The van der Waals surface area contributed by atoms with Crippen LogP contribution < -0.4 is 0 Å². The number of aryl methyl sites for hydroxylation is 1. The average molecular weight is 208 g/mol. The van der Waals surface area contributed by atoms with E-state index in [1.807, 2.05) is 19.9 Å². The summed E-state index contributed by atoms with van der Waals surface area (Å²) in [6.45, 7) is 4.23. The van der Waals surface area contributed by atoms with Crippen LogP contribution in [0.25, 0.3) is 0 Å². The molecule has 0 saturated carbocycles. The Balaban J connectivity index is 2.39. The first-order valence-corrected chi connectivity index (χ1v) is 5.44. The second-order valence-corrected chi connectivity index (χ2v) is 5.08. The van der Waals surface area contributed by atoms with Crippen molar-refractivity contribution in [2.24, 2.45) is 5.41 Å². The minimum absolute atomic E-state index is 0.146. The van der Waals surface area contributed by atoms with E-state index in [1.165, 1.54) is 11.6 Å². The Labute approximate surface area is 89.9 Å². The van der Waals surface area contributed by atoms with Gasteiger partial charge in [0, 0.05) is 6.61 Å². The van der Waals surface area contributed by atoms with E-state index in [0.29, 0.717) is 0 Å². The quantitative estimate of drug-likeness (QED) is 0.792. The lowest BCUT2D eigenvalue weighted by Crippen LogP contribution is -2.24. The highest BCUT2D eigenvalue weighted by Crippen LogP contribution is 2.44. The molecule has 82 valence electrons. The molecule has 0 aliphatic heterocycles. The van der Waals surface area contributed by atoms with E-state index in [4.69, 9.17) is 0 Å². The first-order chi connectivity index (χ1) is 7.04. The largest absolute Gasteiger partial charge is 0.396 e. The highest BCUT2D eigenvalue weighted by Gasteiger charge is 2.35. The summed E-state index contributed by atoms with van der Waals surface area (Å²) >= 11 is 0. The van der Waals surface area contributed by atoms with E-state index in [0.717, 1.165) is 18.4 Å². The molecular formula is C13H17FO. The Hall–Kier alpha value is -0.890. The third kappa shape index (κ3) is 1.78. The number of aliphatic hydroxyl groups excluding tert-OH is 1. The lowest BCUT2D eigenvalue weighted by molar-refractivity contribution is 0.130. The molecule has 0 radical (unpaired) electrons. The fourth-order valence-electron chi connectivity index (χ4n) is 2.50. The van der Waals surface area contributed by atoms with Crippen LogP contribution >= 0.6 is 0 Å². The zero-order chi connectivity index (χ0) is 11.1. The lowest BCUT2D eigenvalue weighted by atomic mass is 9.76. The first kappa shape index (κ1) is 10.6.